The highest BCUT2D eigenvalue weighted by atomic mass is 16.5. The van der Waals surface area contributed by atoms with Crippen LogP contribution in [0.15, 0.2) is 36.5 Å². The first kappa shape index (κ1) is 13.7. The molecule has 3 nitrogen and oxygen atoms in total. The monoisotopic (exact) mass is 257 g/mol. The summed E-state index contributed by atoms with van der Waals surface area (Å²) in [5.74, 6) is 0.305. The maximum atomic E-state index is 12.3. The van der Waals surface area contributed by atoms with Crippen LogP contribution in [0.5, 0.6) is 0 Å². The van der Waals surface area contributed by atoms with Crippen LogP contribution in [0.1, 0.15) is 19.4 Å². The van der Waals surface area contributed by atoms with Crippen molar-refractivity contribution in [2.75, 3.05) is 7.11 Å². The number of carbonyl (C=O) groups excluding carboxylic acids is 1. The summed E-state index contributed by atoms with van der Waals surface area (Å²) in [5.41, 5.74) is 1.93. The van der Waals surface area contributed by atoms with Gasteiger partial charge in [-0.1, -0.05) is 32.0 Å². The quantitative estimate of drug-likeness (QED) is 0.826. The summed E-state index contributed by atoms with van der Waals surface area (Å²) >= 11 is 0. The van der Waals surface area contributed by atoms with Crippen molar-refractivity contribution in [1.29, 1.82) is 0 Å². The number of methoxy groups -OCH3 is 1. The lowest BCUT2D eigenvalue weighted by Gasteiger charge is -2.18. The van der Waals surface area contributed by atoms with Crippen LogP contribution < -0.4 is 0 Å². The molecule has 3 heteroatoms. The number of fused-ring (bicyclic) bond motifs is 1. The van der Waals surface area contributed by atoms with Crippen molar-refractivity contribution in [2.45, 2.75) is 26.4 Å². The van der Waals surface area contributed by atoms with Crippen LogP contribution >= 0.6 is 0 Å². The minimum Gasteiger partial charge on any atom is -0.373 e. The van der Waals surface area contributed by atoms with E-state index in [4.69, 9.17) is 4.74 Å². The van der Waals surface area contributed by atoms with Crippen LogP contribution in [-0.4, -0.2) is 24.0 Å². The largest absolute Gasteiger partial charge is 0.373 e. The number of rotatable bonds is 5. The molecule has 100 valence electrons. The number of hydrogen-bond acceptors (Lipinski definition) is 3. The summed E-state index contributed by atoms with van der Waals surface area (Å²) in [5, 5.41) is 1.04. The van der Waals surface area contributed by atoms with E-state index in [1.54, 1.807) is 13.3 Å². The number of pyridine rings is 1. The normalized spacial score (nSPS) is 12.8. The number of nitrogens with zero attached hydrogens (tertiary/aromatic N) is 1. The molecular formula is C16H19NO2. The Labute approximate surface area is 113 Å². The maximum absolute atomic E-state index is 12.3. The van der Waals surface area contributed by atoms with Gasteiger partial charge in [-0.3, -0.25) is 9.78 Å². The van der Waals surface area contributed by atoms with Gasteiger partial charge in [-0.25, -0.2) is 0 Å². The molecule has 0 aliphatic carbocycles. The molecule has 0 aliphatic heterocycles. The molecule has 1 heterocycles. The highest BCUT2D eigenvalue weighted by Gasteiger charge is 2.22. The van der Waals surface area contributed by atoms with E-state index in [0.29, 0.717) is 6.42 Å². The van der Waals surface area contributed by atoms with Crippen molar-refractivity contribution >= 4 is 16.7 Å². The minimum atomic E-state index is -0.341. The lowest BCUT2D eigenvalue weighted by Crippen LogP contribution is -2.29. The van der Waals surface area contributed by atoms with Crippen molar-refractivity contribution < 1.29 is 9.53 Å². The minimum absolute atomic E-state index is 0.119. The Kier molecular flexibility index (Phi) is 4.27. The summed E-state index contributed by atoms with van der Waals surface area (Å²) in [4.78, 5) is 16.6. The first-order chi connectivity index (χ1) is 9.13. The van der Waals surface area contributed by atoms with Gasteiger partial charge in [0.1, 0.15) is 6.10 Å². The van der Waals surface area contributed by atoms with Gasteiger partial charge in [0.05, 0.1) is 5.52 Å². The average Bonchev–Trinajstić information content (AvgIpc) is 2.39. The molecule has 0 spiro atoms. The lowest BCUT2D eigenvalue weighted by atomic mass is 9.96. The van der Waals surface area contributed by atoms with Gasteiger partial charge in [0.25, 0.3) is 0 Å². The van der Waals surface area contributed by atoms with Crippen LogP contribution in [0.4, 0.5) is 0 Å². The molecule has 0 fully saturated rings. The molecule has 2 rings (SSSR count). The second-order valence-electron chi connectivity index (χ2n) is 5.03. The number of Topliss-reactive ketones (excluding diaryl/α,β-unsaturated/α-hetero) is 1. The predicted octanol–water partition coefficient (Wildman–Crippen LogP) is 3.02. The Morgan fingerprint density at radius 1 is 1.26 bits per heavy atom. The first-order valence-electron chi connectivity index (χ1n) is 6.51. The van der Waals surface area contributed by atoms with Crippen molar-refractivity contribution in [2.24, 2.45) is 5.92 Å². The van der Waals surface area contributed by atoms with E-state index in [-0.39, 0.29) is 17.8 Å². The van der Waals surface area contributed by atoms with E-state index in [0.717, 1.165) is 16.5 Å². The van der Waals surface area contributed by atoms with E-state index < -0.39 is 0 Å². The molecule has 19 heavy (non-hydrogen) atoms. The summed E-state index contributed by atoms with van der Waals surface area (Å²) in [6, 6.07) is 9.79. The second-order valence-corrected chi connectivity index (χ2v) is 5.03. The van der Waals surface area contributed by atoms with Crippen LogP contribution in [0.3, 0.4) is 0 Å². The Balaban J connectivity index is 2.29. The third kappa shape index (κ3) is 2.99. The number of para-hydroxylation sites is 1. The molecule has 0 saturated carbocycles. The van der Waals surface area contributed by atoms with Crippen LogP contribution in [-0.2, 0) is 16.0 Å². The average molecular weight is 257 g/mol. The summed E-state index contributed by atoms with van der Waals surface area (Å²) in [7, 11) is 1.59. The van der Waals surface area contributed by atoms with Crippen molar-refractivity contribution in [3.8, 4) is 0 Å². The molecule has 0 aliphatic rings. The fourth-order valence-electron chi connectivity index (χ4n) is 2.37. The third-order valence-corrected chi connectivity index (χ3v) is 3.28. The van der Waals surface area contributed by atoms with Gasteiger partial charge in [0, 0.05) is 25.1 Å². The van der Waals surface area contributed by atoms with E-state index >= 15 is 0 Å². The summed E-state index contributed by atoms with van der Waals surface area (Å²) in [6.45, 7) is 3.99. The van der Waals surface area contributed by atoms with Crippen molar-refractivity contribution in [3.05, 3.63) is 42.1 Å². The topological polar surface area (TPSA) is 39.2 Å². The predicted molar refractivity (Wildman–Crippen MR) is 76.1 cm³/mol. The molecule has 0 radical (unpaired) electrons. The Morgan fingerprint density at radius 2 is 2.00 bits per heavy atom. The Morgan fingerprint density at radius 3 is 2.68 bits per heavy atom. The molecule has 1 unspecified atom stereocenters. The molecule has 1 aromatic heterocycles. The summed E-state index contributed by atoms with van der Waals surface area (Å²) < 4.78 is 5.29. The number of hydrogen-bond donors (Lipinski definition) is 0. The molecule has 0 N–H and O–H groups in total. The van der Waals surface area contributed by atoms with Gasteiger partial charge in [-0.05, 0) is 23.6 Å². The fourth-order valence-corrected chi connectivity index (χ4v) is 2.37. The zero-order chi connectivity index (χ0) is 13.8. The van der Waals surface area contributed by atoms with Gasteiger partial charge < -0.3 is 4.74 Å². The SMILES string of the molecule is COC(C(=O)Cc1ccnc2ccccc12)C(C)C. The van der Waals surface area contributed by atoms with E-state index in [1.807, 2.05) is 44.2 Å². The highest BCUT2D eigenvalue weighted by molar-refractivity contribution is 5.91. The van der Waals surface area contributed by atoms with Gasteiger partial charge in [0.15, 0.2) is 5.78 Å². The molecule has 0 amide bonds. The number of ketones is 1. The zero-order valence-electron chi connectivity index (χ0n) is 11.6. The number of aromatic nitrogens is 1. The Bertz CT molecular complexity index is 572. The van der Waals surface area contributed by atoms with Crippen LogP contribution in [0, 0.1) is 5.92 Å². The molecule has 1 atom stereocenters. The molecule has 2 aromatic rings. The van der Waals surface area contributed by atoms with E-state index in [1.165, 1.54) is 0 Å². The van der Waals surface area contributed by atoms with Crippen molar-refractivity contribution in [3.63, 3.8) is 0 Å². The van der Waals surface area contributed by atoms with Gasteiger partial charge in [-0.2, -0.15) is 0 Å². The first-order valence-corrected chi connectivity index (χ1v) is 6.51. The molecule has 1 aromatic carbocycles. The smallest absolute Gasteiger partial charge is 0.166 e. The van der Waals surface area contributed by atoms with Crippen molar-refractivity contribution in [1.82, 2.24) is 4.98 Å². The number of ether oxygens (including phenoxy) is 1. The number of benzene rings is 1. The van der Waals surface area contributed by atoms with E-state index in [2.05, 4.69) is 4.98 Å². The van der Waals surface area contributed by atoms with Crippen LogP contribution in [0.2, 0.25) is 0 Å². The summed E-state index contributed by atoms with van der Waals surface area (Å²) in [6.07, 6.45) is 1.80. The second kappa shape index (κ2) is 5.93. The van der Waals surface area contributed by atoms with Gasteiger partial charge >= 0.3 is 0 Å². The maximum Gasteiger partial charge on any atom is 0.166 e. The van der Waals surface area contributed by atoms with Gasteiger partial charge in [0.2, 0.25) is 0 Å². The molecule has 0 bridgehead atoms. The number of carbonyl (C=O) groups is 1. The highest BCUT2D eigenvalue weighted by Crippen LogP contribution is 2.18. The fraction of sp³-hybridized carbons (Fsp3) is 0.375. The molecular weight excluding hydrogens is 238 g/mol. The Hall–Kier alpha value is -1.74. The standard InChI is InChI=1S/C16H19NO2/c1-11(2)16(19-3)15(18)10-12-8-9-17-14-7-5-4-6-13(12)14/h4-9,11,16H,10H2,1-3H3. The van der Waals surface area contributed by atoms with E-state index in [9.17, 15) is 4.79 Å². The van der Waals surface area contributed by atoms with Crippen LogP contribution in [0.25, 0.3) is 10.9 Å². The van der Waals surface area contributed by atoms with Gasteiger partial charge in [-0.15, -0.1) is 0 Å². The lowest BCUT2D eigenvalue weighted by molar-refractivity contribution is -0.130. The molecule has 0 saturated heterocycles. The zero-order valence-corrected chi connectivity index (χ0v) is 11.6. The third-order valence-electron chi connectivity index (χ3n) is 3.28.